The average molecular weight is 515 g/mol. The van der Waals surface area contributed by atoms with E-state index < -0.39 is 0 Å². The molecule has 0 atom stereocenters. The smallest absolute Gasteiger partial charge is 0.330 e. The van der Waals surface area contributed by atoms with Crippen LogP contribution in [0.5, 0.6) is 11.5 Å². The molecule has 2 aromatic heterocycles. The van der Waals surface area contributed by atoms with Gasteiger partial charge in [-0.3, -0.25) is 9.13 Å². The van der Waals surface area contributed by atoms with E-state index in [4.69, 9.17) is 14.5 Å². The van der Waals surface area contributed by atoms with E-state index in [1.165, 1.54) is 5.56 Å². The normalized spacial score (nSPS) is 12.8. The molecule has 5 rings (SSSR count). The maximum Gasteiger partial charge on any atom is 0.330 e. The number of benzene rings is 2. The fourth-order valence-electron chi connectivity index (χ4n) is 5.30. The van der Waals surface area contributed by atoms with Crippen molar-refractivity contribution in [2.75, 3.05) is 13.7 Å². The minimum Gasteiger partial charge on any atom is -0.493 e. The third-order valence-corrected chi connectivity index (χ3v) is 7.01. The van der Waals surface area contributed by atoms with Crippen molar-refractivity contribution >= 4 is 5.69 Å². The fraction of sp³-hybridized carbons (Fsp3) is 0.379. The summed E-state index contributed by atoms with van der Waals surface area (Å²) in [6.45, 7) is 9.83. The Hall–Kier alpha value is -4.14. The standard InChI is InChI=1S/C29H34N6O3/c1-6-38-26-14-21-9-11-34-24(23(21)15-25(26)37-5)16-27(31-28-19(3)12-18(2)13-20(28)4)35(29(34)36)10-7-8-22-17-30-33-32-22/h12-17H,6-11H2,1-5H3,(H,30,32,33). The Kier molecular flexibility index (Phi) is 7.18. The molecule has 0 fully saturated rings. The lowest BCUT2D eigenvalue weighted by Crippen LogP contribution is -2.42. The molecule has 2 aromatic carbocycles. The Bertz CT molecular complexity index is 1580. The minimum atomic E-state index is -0.0673. The molecule has 1 aliphatic rings. The van der Waals surface area contributed by atoms with Gasteiger partial charge in [0.05, 0.1) is 37.0 Å². The Morgan fingerprint density at radius 1 is 1.08 bits per heavy atom. The average Bonchev–Trinajstić information content (AvgIpc) is 3.41. The summed E-state index contributed by atoms with van der Waals surface area (Å²) in [6, 6.07) is 10.3. The molecule has 1 N–H and O–H groups in total. The lowest BCUT2D eigenvalue weighted by molar-refractivity contribution is 0.310. The van der Waals surface area contributed by atoms with Gasteiger partial charge in [-0.25, -0.2) is 9.79 Å². The van der Waals surface area contributed by atoms with Gasteiger partial charge in [-0.2, -0.15) is 15.4 Å². The lowest BCUT2D eigenvalue weighted by atomic mass is 9.97. The van der Waals surface area contributed by atoms with Crippen LogP contribution in [-0.2, 0) is 25.9 Å². The molecule has 0 radical (unpaired) electrons. The quantitative estimate of drug-likeness (QED) is 0.380. The van der Waals surface area contributed by atoms with Crippen LogP contribution in [0.25, 0.3) is 11.3 Å². The van der Waals surface area contributed by atoms with Crippen molar-refractivity contribution < 1.29 is 9.47 Å². The number of rotatable bonds is 8. The molecule has 0 bridgehead atoms. The summed E-state index contributed by atoms with van der Waals surface area (Å²) in [5.41, 5.74) is 8.63. The van der Waals surface area contributed by atoms with Gasteiger partial charge in [-0.15, -0.1) is 0 Å². The summed E-state index contributed by atoms with van der Waals surface area (Å²) in [6.07, 6.45) is 3.91. The number of H-pyrrole nitrogens is 1. The maximum absolute atomic E-state index is 14.0. The first-order valence-electron chi connectivity index (χ1n) is 13.1. The van der Waals surface area contributed by atoms with Gasteiger partial charge in [0.25, 0.3) is 0 Å². The number of methoxy groups -OCH3 is 1. The van der Waals surface area contributed by atoms with E-state index in [1.54, 1.807) is 17.9 Å². The van der Waals surface area contributed by atoms with Crippen molar-refractivity contribution in [2.45, 2.75) is 60.0 Å². The topological polar surface area (TPSA) is 99.3 Å². The number of aryl methyl sites for hydroxylation is 5. The molecule has 198 valence electrons. The second kappa shape index (κ2) is 10.7. The van der Waals surface area contributed by atoms with Crippen molar-refractivity contribution in [2.24, 2.45) is 4.99 Å². The molecule has 3 heterocycles. The van der Waals surface area contributed by atoms with Crippen LogP contribution in [0.2, 0.25) is 0 Å². The van der Waals surface area contributed by atoms with Gasteiger partial charge in [0, 0.05) is 24.7 Å². The molecule has 0 saturated heterocycles. The van der Waals surface area contributed by atoms with Crippen LogP contribution in [0.4, 0.5) is 5.69 Å². The summed E-state index contributed by atoms with van der Waals surface area (Å²) < 4.78 is 15.1. The number of ether oxygens (including phenoxy) is 2. The van der Waals surface area contributed by atoms with Crippen LogP contribution in [-0.4, -0.2) is 38.3 Å². The first kappa shape index (κ1) is 25.5. The SMILES string of the molecule is CCOc1cc2c(cc1OC)-c1cc(=Nc3c(C)cc(C)cc3C)n(CCCc3cn[nH]n3)c(=O)n1CC2. The van der Waals surface area contributed by atoms with Gasteiger partial charge in [0.2, 0.25) is 0 Å². The van der Waals surface area contributed by atoms with Crippen LogP contribution in [0.1, 0.15) is 41.3 Å². The number of nitrogens with zero attached hydrogens (tertiary/aromatic N) is 5. The third-order valence-electron chi connectivity index (χ3n) is 7.01. The van der Waals surface area contributed by atoms with Crippen molar-refractivity contribution in [1.82, 2.24) is 24.5 Å². The van der Waals surface area contributed by atoms with E-state index in [2.05, 4.69) is 48.3 Å². The largest absolute Gasteiger partial charge is 0.493 e. The summed E-state index contributed by atoms with van der Waals surface area (Å²) in [4.78, 5) is 19.0. The van der Waals surface area contributed by atoms with E-state index in [0.717, 1.165) is 57.9 Å². The second-order valence-electron chi connectivity index (χ2n) is 9.74. The highest BCUT2D eigenvalue weighted by molar-refractivity contribution is 5.70. The number of nitrogens with one attached hydrogen (secondary N) is 1. The maximum atomic E-state index is 14.0. The van der Waals surface area contributed by atoms with Crippen molar-refractivity contribution in [3.8, 4) is 22.8 Å². The van der Waals surface area contributed by atoms with Gasteiger partial charge >= 0.3 is 5.69 Å². The van der Waals surface area contributed by atoms with E-state index in [0.29, 0.717) is 37.4 Å². The van der Waals surface area contributed by atoms with Gasteiger partial charge in [-0.05, 0) is 75.8 Å². The van der Waals surface area contributed by atoms with Gasteiger partial charge in [0.1, 0.15) is 5.49 Å². The minimum absolute atomic E-state index is 0.0673. The third kappa shape index (κ3) is 4.88. The molecule has 4 aromatic rings. The summed E-state index contributed by atoms with van der Waals surface area (Å²) >= 11 is 0. The van der Waals surface area contributed by atoms with E-state index in [-0.39, 0.29) is 5.69 Å². The molecule has 38 heavy (non-hydrogen) atoms. The highest BCUT2D eigenvalue weighted by Gasteiger charge is 2.22. The van der Waals surface area contributed by atoms with Crippen molar-refractivity contribution in [1.29, 1.82) is 0 Å². The Balaban J connectivity index is 1.68. The Morgan fingerprint density at radius 3 is 2.55 bits per heavy atom. The van der Waals surface area contributed by atoms with E-state index in [1.807, 2.05) is 29.7 Å². The predicted molar refractivity (Wildman–Crippen MR) is 146 cm³/mol. The lowest BCUT2D eigenvalue weighted by Gasteiger charge is -2.25. The molecular weight excluding hydrogens is 480 g/mol. The van der Waals surface area contributed by atoms with Crippen LogP contribution in [0.3, 0.4) is 0 Å². The van der Waals surface area contributed by atoms with Crippen LogP contribution >= 0.6 is 0 Å². The zero-order chi connectivity index (χ0) is 26.8. The molecule has 9 nitrogen and oxygen atoms in total. The van der Waals surface area contributed by atoms with Gasteiger partial charge < -0.3 is 9.47 Å². The first-order valence-corrected chi connectivity index (χ1v) is 13.1. The highest BCUT2D eigenvalue weighted by atomic mass is 16.5. The zero-order valence-corrected chi connectivity index (χ0v) is 22.7. The summed E-state index contributed by atoms with van der Waals surface area (Å²) in [5, 5.41) is 10.7. The number of hydrogen-bond acceptors (Lipinski definition) is 6. The van der Waals surface area contributed by atoms with Crippen LogP contribution < -0.4 is 20.7 Å². The van der Waals surface area contributed by atoms with Crippen molar-refractivity contribution in [3.63, 3.8) is 0 Å². The summed E-state index contributed by atoms with van der Waals surface area (Å²) in [7, 11) is 1.64. The zero-order valence-electron chi connectivity index (χ0n) is 22.7. The predicted octanol–water partition coefficient (Wildman–Crippen LogP) is 4.19. The molecule has 9 heteroatoms. The second-order valence-corrected chi connectivity index (χ2v) is 9.74. The van der Waals surface area contributed by atoms with Crippen LogP contribution in [0.15, 0.2) is 46.3 Å². The van der Waals surface area contributed by atoms with Gasteiger partial charge in [0.15, 0.2) is 11.5 Å². The molecule has 0 unspecified atom stereocenters. The van der Waals surface area contributed by atoms with Crippen molar-refractivity contribution in [3.05, 3.63) is 80.4 Å². The van der Waals surface area contributed by atoms with E-state index in [9.17, 15) is 4.79 Å². The van der Waals surface area contributed by atoms with E-state index >= 15 is 0 Å². The number of aromatic nitrogens is 5. The molecule has 1 aliphatic heterocycles. The summed E-state index contributed by atoms with van der Waals surface area (Å²) in [5.74, 6) is 1.37. The fourth-order valence-corrected chi connectivity index (χ4v) is 5.30. The Morgan fingerprint density at radius 2 is 1.87 bits per heavy atom. The molecule has 0 aliphatic carbocycles. The molecule has 0 saturated carbocycles. The van der Waals surface area contributed by atoms with Crippen LogP contribution in [0, 0.1) is 20.8 Å². The first-order chi connectivity index (χ1) is 18.4. The molecular formula is C29H34N6O3. The van der Waals surface area contributed by atoms with Gasteiger partial charge in [-0.1, -0.05) is 17.7 Å². The monoisotopic (exact) mass is 514 g/mol. The number of aromatic amines is 1. The highest BCUT2D eigenvalue weighted by Crippen LogP contribution is 2.37. The molecule has 0 spiro atoms. The number of fused-ring (bicyclic) bond motifs is 3. The Labute approximate surface area is 221 Å². The number of hydrogen-bond donors (Lipinski definition) is 1. The molecule has 0 amide bonds.